The molecule has 0 unspecified atom stereocenters. The summed E-state index contributed by atoms with van der Waals surface area (Å²) in [7, 11) is 1.22. The predicted molar refractivity (Wildman–Crippen MR) is 157 cm³/mol. The van der Waals surface area contributed by atoms with Crippen LogP contribution in [0.5, 0.6) is 0 Å². The molecule has 12 nitrogen and oxygen atoms in total. The standard InChI is InChI=1S/C27H30F2IN5O7/c1-26(2,3)42-25(41)34-8-7-27(12-34,24(39)40)10-15(36)11-35-13-31-21-18(22(35)37)20(19(29)23(38)33(21)4)32-17-6-5-14(30)9-16(17)28/h5-6,9,13,15,32,36H,7-8,10-12H2,1-4H3,(H,39,40)/t15-,27+/m1/s1. The predicted octanol–water partition coefficient (Wildman–Crippen LogP) is 3.18. The summed E-state index contributed by atoms with van der Waals surface area (Å²) in [6, 6.07) is 4.06. The van der Waals surface area contributed by atoms with Crippen molar-refractivity contribution in [3.05, 3.63) is 60.4 Å². The number of aliphatic hydroxyl groups is 1. The number of anilines is 2. The number of fused-ring (bicyclic) bond motifs is 1. The largest absolute Gasteiger partial charge is 0.481 e. The van der Waals surface area contributed by atoms with Gasteiger partial charge in [0.15, 0.2) is 5.65 Å². The molecule has 15 heteroatoms. The van der Waals surface area contributed by atoms with Crippen molar-refractivity contribution >= 4 is 57.1 Å². The number of ether oxygens (including phenoxy) is 1. The van der Waals surface area contributed by atoms with Crippen LogP contribution in [-0.4, -0.2) is 66.1 Å². The number of hydrogen-bond acceptors (Lipinski definition) is 8. The van der Waals surface area contributed by atoms with E-state index < -0.39 is 64.2 Å². The summed E-state index contributed by atoms with van der Waals surface area (Å²) >= 11 is 1.89. The van der Waals surface area contributed by atoms with Crippen molar-refractivity contribution in [2.45, 2.75) is 51.9 Å². The summed E-state index contributed by atoms with van der Waals surface area (Å²) in [6.07, 6.45) is -1.28. The molecule has 0 aliphatic carbocycles. The smallest absolute Gasteiger partial charge is 0.410 e. The third-order valence-electron chi connectivity index (χ3n) is 6.98. The minimum absolute atomic E-state index is 0.0481. The van der Waals surface area contributed by atoms with E-state index in [0.29, 0.717) is 3.57 Å². The third kappa shape index (κ3) is 6.25. The number of carboxylic acids is 1. The first-order valence-electron chi connectivity index (χ1n) is 12.9. The van der Waals surface area contributed by atoms with Gasteiger partial charge < -0.3 is 25.2 Å². The second-order valence-corrected chi connectivity index (χ2v) is 12.5. The van der Waals surface area contributed by atoms with Gasteiger partial charge in [-0.3, -0.25) is 23.5 Å². The maximum Gasteiger partial charge on any atom is 0.410 e. The minimum atomic E-state index is -1.50. The van der Waals surface area contributed by atoms with Gasteiger partial charge in [-0.15, -0.1) is 0 Å². The number of pyridine rings is 1. The van der Waals surface area contributed by atoms with Crippen molar-refractivity contribution in [1.29, 1.82) is 0 Å². The number of aromatic nitrogens is 3. The normalized spacial score (nSPS) is 17.9. The van der Waals surface area contributed by atoms with Crippen LogP contribution in [0.4, 0.5) is 25.0 Å². The van der Waals surface area contributed by atoms with Gasteiger partial charge in [0, 0.05) is 23.7 Å². The van der Waals surface area contributed by atoms with Crippen LogP contribution < -0.4 is 16.4 Å². The summed E-state index contributed by atoms with van der Waals surface area (Å²) in [5.74, 6) is -3.30. The van der Waals surface area contributed by atoms with E-state index in [1.807, 2.05) is 22.6 Å². The molecular formula is C27H30F2IN5O7. The molecule has 3 heterocycles. The van der Waals surface area contributed by atoms with Gasteiger partial charge in [0.2, 0.25) is 5.82 Å². The Kier molecular flexibility index (Phi) is 8.64. The molecule has 1 aromatic carbocycles. The highest BCUT2D eigenvalue weighted by Gasteiger charge is 2.48. The quantitative estimate of drug-likeness (QED) is 0.315. The number of aliphatic carboxylic acids is 1. The van der Waals surface area contributed by atoms with E-state index in [1.165, 1.54) is 24.1 Å². The number of halogens is 3. The van der Waals surface area contributed by atoms with Crippen LogP contribution in [0.1, 0.15) is 33.6 Å². The van der Waals surface area contributed by atoms with E-state index in [0.717, 1.165) is 15.5 Å². The Labute approximate surface area is 252 Å². The van der Waals surface area contributed by atoms with E-state index in [4.69, 9.17) is 4.74 Å². The van der Waals surface area contributed by atoms with Crippen LogP contribution in [0.2, 0.25) is 0 Å². The topological polar surface area (TPSA) is 156 Å². The van der Waals surface area contributed by atoms with Crippen LogP contribution in [-0.2, 0) is 23.1 Å². The van der Waals surface area contributed by atoms with Gasteiger partial charge in [-0.25, -0.2) is 14.2 Å². The summed E-state index contributed by atoms with van der Waals surface area (Å²) in [5, 5.41) is 23.1. The summed E-state index contributed by atoms with van der Waals surface area (Å²) in [5.41, 5.74) is -5.19. The van der Waals surface area contributed by atoms with Gasteiger partial charge in [0.1, 0.15) is 16.8 Å². The second kappa shape index (κ2) is 11.6. The molecule has 1 aliphatic heterocycles. The molecule has 1 saturated heterocycles. The van der Waals surface area contributed by atoms with E-state index in [1.54, 1.807) is 26.8 Å². The molecule has 0 radical (unpaired) electrons. The van der Waals surface area contributed by atoms with Gasteiger partial charge in [0.25, 0.3) is 11.1 Å². The fraction of sp³-hybridized carbons (Fsp3) is 0.444. The molecular weight excluding hydrogens is 671 g/mol. The lowest BCUT2D eigenvalue weighted by molar-refractivity contribution is -0.150. The molecule has 0 spiro atoms. The molecule has 3 N–H and O–H groups in total. The van der Waals surface area contributed by atoms with Gasteiger partial charge in [-0.2, -0.15) is 4.39 Å². The average Bonchev–Trinajstić information content (AvgIpc) is 3.32. The van der Waals surface area contributed by atoms with Crippen molar-refractivity contribution in [2.24, 2.45) is 12.5 Å². The number of nitrogens with zero attached hydrogens (tertiary/aromatic N) is 4. The van der Waals surface area contributed by atoms with Crippen molar-refractivity contribution in [1.82, 2.24) is 19.0 Å². The van der Waals surface area contributed by atoms with Crippen molar-refractivity contribution in [3.63, 3.8) is 0 Å². The molecule has 0 saturated carbocycles. The van der Waals surface area contributed by atoms with Crippen LogP contribution in [0.25, 0.3) is 11.0 Å². The molecule has 1 fully saturated rings. The molecule has 2 atom stereocenters. The number of benzene rings is 1. The van der Waals surface area contributed by atoms with E-state index in [2.05, 4.69) is 10.3 Å². The molecule has 1 aliphatic rings. The second-order valence-electron chi connectivity index (χ2n) is 11.3. The van der Waals surface area contributed by atoms with Crippen LogP contribution in [0.15, 0.2) is 34.1 Å². The molecule has 42 heavy (non-hydrogen) atoms. The molecule has 2 aromatic heterocycles. The molecule has 4 rings (SSSR count). The number of hydrogen-bond donors (Lipinski definition) is 3. The van der Waals surface area contributed by atoms with E-state index in [9.17, 15) is 33.8 Å². The zero-order valence-corrected chi connectivity index (χ0v) is 25.4. The molecule has 1 amide bonds. The van der Waals surface area contributed by atoms with Crippen molar-refractivity contribution < 1.29 is 33.3 Å². The van der Waals surface area contributed by atoms with E-state index in [-0.39, 0.29) is 42.7 Å². The number of nitrogens with one attached hydrogen (secondary N) is 1. The average molecular weight is 701 g/mol. The van der Waals surface area contributed by atoms with Crippen molar-refractivity contribution in [2.75, 3.05) is 18.4 Å². The lowest BCUT2D eigenvalue weighted by Crippen LogP contribution is -2.42. The zero-order chi connectivity index (χ0) is 31.1. The van der Waals surface area contributed by atoms with Gasteiger partial charge >= 0.3 is 12.1 Å². The summed E-state index contributed by atoms with van der Waals surface area (Å²) < 4.78 is 37.5. The lowest BCUT2D eigenvalue weighted by Gasteiger charge is -2.28. The van der Waals surface area contributed by atoms with Gasteiger partial charge in [0.05, 0.1) is 35.8 Å². The number of carbonyl (C=O) groups excluding carboxylic acids is 1. The highest BCUT2D eigenvalue weighted by atomic mass is 127. The Morgan fingerprint density at radius 3 is 2.55 bits per heavy atom. The Morgan fingerprint density at radius 2 is 1.93 bits per heavy atom. The third-order valence-corrected chi connectivity index (χ3v) is 7.65. The van der Waals surface area contributed by atoms with Crippen molar-refractivity contribution in [3.8, 4) is 0 Å². The Balaban J connectivity index is 1.66. The number of rotatable bonds is 7. The SMILES string of the molecule is Cn1c(=O)c(F)c(Nc2ccc(I)cc2F)c2c(=O)n(C[C@H](O)C[C@@]3(C(=O)O)CCN(C(=O)OC(C)(C)C)C3)cnc21. The highest BCUT2D eigenvalue weighted by Crippen LogP contribution is 2.37. The fourth-order valence-electron chi connectivity index (χ4n) is 4.91. The summed E-state index contributed by atoms with van der Waals surface area (Å²) in [6.45, 7) is 4.53. The minimum Gasteiger partial charge on any atom is -0.481 e. The van der Waals surface area contributed by atoms with Crippen LogP contribution in [0, 0.1) is 20.6 Å². The number of amides is 1. The Hall–Kier alpha value is -3.60. The lowest BCUT2D eigenvalue weighted by atomic mass is 9.81. The summed E-state index contributed by atoms with van der Waals surface area (Å²) in [4.78, 5) is 56.3. The highest BCUT2D eigenvalue weighted by molar-refractivity contribution is 14.1. The molecule has 226 valence electrons. The number of carbonyl (C=O) groups is 2. The maximum atomic E-state index is 15.2. The fourth-order valence-corrected chi connectivity index (χ4v) is 5.37. The maximum absolute atomic E-state index is 15.2. The molecule has 0 bridgehead atoms. The first kappa shape index (κ1) is 31.3. The Bertz CT molecular complexity index is 1690. The monoisotopic (exact) mass is 701 g/mol. The number of likely N-dealkylation sites (tertiary alicyclic amines) is 1. The van der Waals surface area contributed by atoms with Crippen LogP contribution >= 0.6 is 22.6 Å². The number of aliphatic hydroxyl groups excluding tert-OH is 1. The Morgan fingerprint density at radius 1 is 1.24 bits per heavy atom. The van der Waals surface area contributed by atoms with E-state index >= 15 is 4.39 Å². The van der Waals surface area contributed by atoms with Crippen LogP contribution in [0.3, 0.4) is 0 Å². The molecule has 3 aromatic rings. The first-order valence-corrected chi connectivity index (χ1v) is 14.0. The van der Waals surface area contributed by atoms with Gasteiger partial charge in [-0.1, -0.05) is 0 Å². The zero-order valence-electron chi connectivity index (χ0n) is 23.3. The number of carboxylic acid groups (broad SMARTS) is 1. The first-order chi connectivity index (χ1) is 19.5. The number of aryl methyl sites for hydroxylation is 1. The van der Waals surface area contributed by atoms with Gasteiger partial charge in [-0.05, 0) is 74.4 Å².